The van der Waals surface area contributed by atoms with E-state index in [0.29, 0.717) is 34.5 Å². The third kappa shape index (κ3) is 3.82. The second-order valence-electron chi connectivity index (χ2n) is 5.09. The Hall–Kier alpha value is -2.09. The maximum Gasteiger partial charge on any atom is 0.328 e. The highest BCUT2D eigenvalue weighted by Crippen LogP contribution is 2.22. The highest BCUT2D eigenvalue weighted by molar-refractivity contribution is 7.98. The summed E-state index contributed by atoms with van der Waals surface area (Å²) in [6.45, 7) is 3.50. The average molecular weight is 337 g/mol. The predicted octanol–water partition coefficient (Wildman–Crippen LogP) is 1.86. The van der Waals surface area contributed by atoms with E-state index in [1.807, 2.05) is 6.26 Å². The molecule has 0 saturated heterocycles. The Balaban J connectivity index is 2.32. The van der Waals surface area contributed by atoms with Crippen LogP contribution in [0.15, 0.2) is 10.6 Å². The van der Waals surface area contributed by atoms with Crippen molar-refractivity contribution in [3.8, 4) is 0 Å². The number of hydrogen-bond donors (Lipinski definition) is 1. The van der Waals surface area contributed by atoms with E-state index in [-0.39, 0.29) is 5.91 Å². The third-order valence-corrected chi connectivity index (χ3v) is 4.04. The molecule has 1 atom stereocenters. The predicted molar refractivity (Wildman–Crippen MR) is 87.5 cm³/mol. The first-order valence-corrected chi connectivity index (χ1v) is 8.48. The number of nitrogens with one attached hydrogen (secondary N) is 1. The van der Waals surface area contributed by atoms with E-state index in [9.17, 15) is 9.59 Å². The number of fused-ring (bicyclic) bond motifs is 1. The molecular formula is C15H19N3O4S. The summed E-state index contributed by atoms with van der Waals surface area (Å²) in [5, 5.41) is 7.14. The Bertz CT molecular complexity index is 729. The van der Waals surface area contributed by atoms with Crippen molar-refractivity contribution >= 4 is 34.7 Å². The number of aromatic nitrogens is 2. The summed E-state index contributed by atoms with van der Waals surface area (Å²) in [6.07, 6.45) is 2.43. The molecule has 2 aromatic rings. The maximum atomic E-state index is 12.6. The van der Waals surface area contributed by atoms with Crippen LogP contribution < -0.4 is 5.32 Å². The number of ether oxygens (including phenoxy) is 1. The van der Waals surface area contributed by atoms with E-state index in [2.05, 4.69) is 15.5 Å². The van der Waals surface area contributed by atoms with Gasteiger partial charge in [0.15, 0.2) is 0 Å². The number of hydrogen-bond acceptors (Lipinski definition) is 7. The van der Waals surface area contributed by atoms with Gasteiger partial charge in [0.05, 0.1) is 23.8 Å². The summed E-state index contributed by atoms with van der Waals surface area (Å²) in [5.41, 5.74) is 1.92. The lowest BCUT2D eigenvalue weighted by Gasteiger charge is -2.16. The molecule has 8 heteroatoms. The highest BCUT2D eigenvalue weighted by Gasteiger charge is 2.24. The standard InChI is InChI=1S/C15H19N3O4S/c1-8-7-10(12-9(2)18-22-14(12)16-8)13(19)17-11(5-6-23-4)15(20)21-3/h7,11H,5-6H2,1-4H3,(H,17,19)/t11-/m0/s1. The van der Waals surface area contributed by atoms with Crippen molar-refractivity contribution in [1.29, 1.82) is 0 Å². The molecule has 0 aliphatic rings. The number of aryl methyl sites for hydroxylation is 2. The van der Waals surface area contributed by atoms with Crippen LogP contribution in [0.25, 0.3) is 11.1 Å². The molecule has 0 spiro atoms. The van der Waals surface area contributed by atoms with Gasteiger partial charge in [-0.3, -0.25) is 4.79 Å². The van der Waals surface area contributed by atoms with Crippen molar-refractivity contribution < 1.29 is 18.8 Å². The number of thioether (sulfide) groups is 1. The normalized spacial score (nSPS) is 12.2. The Morgan fingerprint density at radius 1 is 1.43 bits per heavy atom. The van der Waals surface area contributed by atoms with Crippen LogP contribution in [0, 0.1) is 13.8 Å². The first-order chi connectivity index (χ1) is 11.0. The zero-order chi connectivity index (χ0) is 17.0. The second-order valence-corrected chi connectivity index (χ2v) is 6.08. The molecule has 0 saturated carbocycles. The molecule has 124 valence electrons. The van der Waals surface area contributed by atoms with E-state index in [1.54, 1.807) is 31.7 Å². The molecule has 0 radical (unpaired) electrons. The molecule has 0 bridgehead atoms. The minimum Gasteiger partial charge on any atom is -0.467 e. The maximum absolute atomic E-state index is 12.6. The summed E-state index contributed by atoms with van der Waals surface area (Å²) in [5.74, 6) is -0.100. The van der Waals surface area contributed by atoms with Gasteiger partial charge >= 0.3 is 5.97 Å². The van der Waals surface area contributed by atoms with Gasteiger partial charge in [-0.15, -0.1) is 0 Å². The number of esters is 1. The highest BCUT2D eigenvalue weighted by atomic mass is 32.2. The van der Waals surface area contributed by atoms with E-state index in [1.165, 1.54) is 7.11 Å². The van der Waals surface area contributed by atoms with Crippen molar-refractivity contribution in [2.45, 2.75) is 26.3 Å². The van der Waals surface area contributed by atoms with Crippen LogP contribution in [0.2, 0.25) is 0 Å². The summed E-state index contributed by atoms with van der Waals surface area (Å²) >= 11 is 1.60. The van der Waals surface area contributed by atoms with Gasteiger partial charge in [0.2, 0.25) is 0 Å². The van der Waals surface area contributed by atoms with E-state index >= 15 is 0 Å². The van der Waals surface area contributed by atoms with E-state index < -0.39 is 12.0 Å². The number of amides is 1. The van der Waals surface area contributed by atoms with Gasteiger partial charge in [0.25, 0.3) is 11.6 Å². The monoisotopic (exact) mass is 337 g/mol. The largest absolute Gasteiger partial charge is 0.467 e. The van der Waals surface area contributed by atoms with Crippen LogP contribution >= 0.6 is 11.8 Å². The molecule has 23 heavy (non-hydrogen) atoms. The van der Waals surface area contributed by atoms with Crippen LogP contribution in [0.1, 0.15) is 28.2 Å². The molecule has 0 aromatic carbocycles. The number of nitrogens with zero attached hydrogens (tertiary/aromatic N) is 2. The fourth-order valence-electron chi connectivity index (χ4n) is 2.26. The molecule has 2 heterocycles. The molecule has 2 rings (SSSR count). The Morgan fingerprint density at radius 3 is 2.83 bits per heavy atom. The number of carbonyl (C=O) groups is 2. The van der Waals surface area contributed by atoms with Crippen molar-refractivity contribution in [3.63, 3.8) is 0 Å². The summed E-state index contributed by atoms with van der Waals surface area (Å²) in [4.78, 5) is 28.7. The fourth-order valence-corrected chi connectivity index (χ4v) is 2.73. The fraction of sp³-hybridized carbons (Fsp3) is 0.467. The van der Waals surface area contributed by atoms with E-state index in [0.717, 1.165) is 5.75 Å². The number of methoxy groups -OCH3 is 1. The van der Waals surface area contributed by atoms with Gasteiger partial charge in [-0.2, -0.15) is 11.8 Å². The number of rotatable bonds is 6. The quantitative estimate of drug-likeness (QED) is 0.804. The van der Waals surface area contributed by atoms with Gasteiger partial charge in [0, 0.05) is 5.69 Å². The zero-order valence-corrected chi connectivity index (χ0v) is 14.3. The molecule has 0 aliphatic carbocycles. The Morgan fingerprint density at radius 2 is 2.17 bits per heavy atom. The third-order valence-electron chi connectivity index (χ3n) is 3.39. The lowest BCUT2D eigenvalue weighted by molar-refractivity contribution is -0.142. The Kier molecular flexibility index (Phi) is 5.59. The van der Waals surface area contributed by atoms with Gasteiger partial charge in [0.1, 0.15) is 6.04 Å². The van der Waals surface area contributed by atoms with Crippen LogP contribution in [0.3, 0.4) is 0 Å². The van der Waals surface area contributed by atoms with Gasteiger partial charge in [-0.1, -0.05) is 5.16 Å². The first-order valence-electron chi connectivity index (χ1n) is 7.09. The first kappa shape index (κ1) is 17.3. The van der Waals surface area contributed by atoms with Crippen LogP contribution in [-0.2, 0) is 9.53 Å². The van der Waals surface area contributed by atoms with Gasteiger partial charge in [-0.05, 0) is 38.3 Å². The van der Waals surface area contributed by atoms with E-state index in [4.69, 9.17) is 9.26 Å². The molecule has 1 amide bonds. The van der Waals surface area contributed by atoms with Crippen molar-refractivity contribution in [2.24, 2.45) is 0 Å². The molecular weight excluding hydrogens is 318 g/mol. The minimum absolute atomic E-state index is 0.311. The van der Waals surface area contributed by atoms with Crippen molar-refractivity contribution in [2.75, 3.05) is 19.1 Å². The second kappa shape index (κ2) is 7.45. The summed E-state index contributed by atoms with van der Waals surface area (Å²) in [6, 6.07) is 0.966. The summed E-state index contributed by atoms with van der Waals surface area (Å²) in [7, 11) is 1.31. The number of pyridine rings is 1. The summed E-state index contributed by atoms with van der Waals surface area (Å²) < 4.78 is 9.88. The molecule has 0 aliphatic heterocycles. The topological polar surface area (TPSA) is 94.3 Å². The molecule has 0 fully saturated rings. The average Bonchev–Trinajstić information content (AvgIpc) is 2.90. The molecule has 7 nitrogen and oxygen atoms in total. The van der Waals surface area contributed by atoms with Crippen molar-refractivity contribution in [1.82, 2.24) is 15.5 Å². The minimum atomic E-state index is -0.691. The molecule has 0 unspecified atom stereocenters. The molecule has 1 N–H and O–H groups in total. The van der Waals surface area contributed by atoms with Crippen LogP contribution in [0.4, 0.5) is 0 Å². The zero-order valence-electron chi connectivity index (χ0n) is 13.5. The van der Waals surface area contributed by atoms with Crippen molar-refractivity contribution in [3.05, 3.63) is 23.0 Å². The van der Waals surface area contributed by atoms with Gasteiger partial charge in [-0.25, -0.2) is 9.78 Å². The lowest BCUT2D eigenvalue weighted by Crippen LogP contribution is -2.42. The van der Waals surface area contributed by atoms with Crippen LogP contribution in [0.5, 0.6) is 0 Å². The SMILES string of the molecule is COC(=O)[C@H](CCSC)NC(=O)c1cc(C)nc2onc(C)c12. The number of carbonyl (C=O) groups excluding carboxylic acids is 2. The smallest absolute Gasteiger partial charge is 0.328 e. The van der Waals surface area contributed by atoms with Crippen LogP contribution in [-0.4, -0.2) is 47.2 Å². The Labute approximate surface area is 138 Å². The lowest BCUT2D eigenvalue weighted by atomic mass is 10.1. The van der Waals surface area contributed by atoms with Gasteiger partial charge < -0.3 is 14.6 Å². The molecule has 2 aromatic heterocycles.